The van der Waals surface area contributed by atoms with Crippen LogP contribution in [0.25, 0.3) is 0 Å². The number of piperidine rings is 1. The molecule has 0 aliphatic carbocycles. The first-order valence-electron chi connectivity index (χ1n) is 8.10. The van der Waals surface area contributed by atoms with E-state index in [0.29, 0.717) is 32.5 Å². The van der Waals surface area contributed by atoms with Gasteiger partial charge in [-0.1, -0.05) is 12.1 Å². The number of rotatable bonds is 5. The summed E-state index contributed by atoms with van der Waals surface area (Å²) in [5.41, 5.74) is 0. The lowest BCUT2D eigenvalue weighted by molar-refractivity contribution is 0.181. The Hall–Kier alpha value is -1.99. The molecule has 0 aromatic heterocycles. The minimum atomic E-state index is -3.61. The molecule has 1 fully saturated rings. The third-order valence-electron chi connectivity index (χ3n) is 4.34. The zero-order chi connectivity index (χ0) is 17.9. The van der Waals surface area contributed by atoms with Gasteiger partial charge in [-0.3, -0.25) is 0 Å². The molecule has 3 rings (SSSR count). The molecule has 1 heterocycles. The zero-order valence-electron chi connectivity index (χ0n) is 13.6. The van der Waals surface area contributed by atoms with Crippen molar-refractivity contribution in [1.82, 2.24) is 4.31 Å². The van der Waals surface area contributed by atoms with Crippen LogP contribution in [0.2, 0.25) is 0 Å². The minimum absolute atomic E-state index is 0.0926. The van der Waals surface area contributed by atoms with E-state index in [9.17, 15) is 17.2 Å². The number of hydrogen-bond donors (Lipinski definition) is 0. The van der Waals surface area contributed by atoms with E-state index in [0.717, 1.165) is 12.1 Å². The van der Waals surface area contributed by atoms with Crippen LogP contribution in [0.3, 0.4) is 0 Å². The molecule has 0 atom stereocenters. The van der Waals surface area contributed by atoms with Gasteiger partial charge in [-0.2, -0.15) is 4.31 Å². The van der Waals surface area contributed by atoms with E-state index in [1.807, 2.05) is 0 Å². The highest BCUT2D eigenvalue weighted by Gasteiger charge is 2.29. The van der Waals surface area contributed by atoms with Crippen molar-refractivity contribution in [2.24, 2.45) is 5.92 Å². The summed E-state index contributed by atoms with van der Waals surface area (Å²) in [6.45, 7) is 1.08. The Kier molecular flexibility index (Phi) is 5.34. The number of nitrogens with zero attached hydrogens (tertiary/aromatic N) is 1. The molecule has 0 N–H and O–H groups in total. The predicted octanol–water partition coefficient (Wildman–Crippen LogP) is 3.44. The Balaban J connectivity index is 1.56. The number of sulfonamides is 1. The van der Waals surface area contributed by atoms with Gasteiger partial charge in [0.05, 0.1) is 11.5 Å². The summed E-state index contributed by atoms with van der Waals surface area (Å²) in [4.78, 5) is 0.0926. The number of benzene rings is 2. The molecule has 2 aromatic carbocycles. The summed E-state index contributed by atoms with van der Waals surface area (Å²) >= 11 is 0. The van der Waals surface area contributed by atoms with Crippen molar-refractivity contribution >= 4 is 10.0 Å². The predicted molar refractivity (Wildman–Crippen MR) is 89.8 cm³/mol. The zero-order valence-corrected chi connectivity index (χ0v) is 14.4. The quantitative estimate of drug-likeness (QED) is 0.813. The first kappa shape index (κ1) is 17.8. The average molecular weight is 367 g/mol. The average Bonchev–Trinajstić information content (AvgIpc) is 2.62. The van der Waals surface area contributed by atoms with Crippen molar-refractivity contribution in [3.8, 4) is 5.75 Å². The van der Waals surface area contributed by atoms with Gasteiger partial charge in [-0.15, -0.1) is 0 Å². The van der Waals surface area contributed by atoms with Gasteiger partial charge in [0.2, 0.25) is 10.0 Å². The lowest BCUT2D eigenvalue weighted by Gasteiger charge is -2.31. The van der Waals surface area contributed by atoms with Crippen LogP contribution in [0.5, 0.6) is 5.75 Å². The van der Waals surface area contributed by atoms with Crippen LogP contribution in [0.1, 0.15) is 12.8 Å². The summed E-state index contributed by atoms with van der Waals surface area (Å²) in [7, 11) is -3.61. The summed E-state index contributed by atoms with van der Waals surface area (Å²) in [6.07, 6.45) is 1.27. The highest BCUT2D eigenvalue weighted by atomic mass is 32.2. The van der Waals surface area contributed by atoms with Crippen LogP contribution in [-0.4, -0.2) is 32.4 Å². The van der Waals surface area contributed by atoms with E-state index in [1.54, 1.807) is 18.2 Å². The first-order valence-corrected chi connectivity index (χ1v) is 9.54. The smallest absolute Gasteiger partial charge is 0.243 e. The monoisotopic (exact) mass is 367 g/mol. The van der Waals surface area contributed by atoms with E-state index in [-0.39, 0.29) is 16.6 Å². The third-order valence-corrected chi connectivity index (χ3v) is 6.25. The molecule has 0 amide bonds. The molecule has 2 aromatic rings. The molecule has 134 valence electrons. The minimum Gasteiger partial charge on any atom is -0.490 e. The van der Waals surface area contributed by atoms with E-state index < -0.39 is 21.7 Å². The highest BCUT2D eigenvalue weighted by Crippen LogP contribution is 2.25. The van der Waals surface area contributed by atoms with Gasteiger partial charge in [-0.25, -0.2) is 17.2 Å². The molecule has 0 saturated carbocycles. The molecule has 1 aliphatic rings. The molecule has 1 saturated heterocycles. The molecule has 25 heavy (non-hydrogen) atoms. The van der Waals surface area contributed by atoms with Crippen molar-refractivity contribution in [1.29, 1.82) is 0 Å². The fourth-order valence-electron chi connectivity index (χ4n) is 2.84. The molecule has 1 aliphatic heterocycles. The lowest BCUT2D eigenvalue weighted by Crippen LogP contribution is -2.39. The van der Waals surface area contributed by atoms with Crippen molar-refractivity contribution in [3.63, 3.8) is 0 Å². The van der Waals surface area contributed by atoms with E-state index in [4.69, 9.17) is 4.74 Å². The Bertz CT molecular complexity index is 816. The van der Waals surface area contributed by atoms with Gasteiger partial charge in [-0.05, 0) is 55.2 Å². The number of halogens is 2. The number of hydrogen-bond acceptors (Lipinski definition) is 3. The van der Waals surface area contributed by atoms with Gasteiger partial charge < -0.3 is 4.74 Å². The fraction of sp³-hybridized carbons (Fsp3) is 0.333. The maximum absolute atomic E-state index is 13.5. The Labute approximate surface area is 146 Å². The van der Waals surface area contributed by atoms with Gasteiger partial charge in [0.1, 0.15) is 5.82 Å². The normalized spacial score (nSPS) is 16.7. The van der Waals surface area contributed by atoms with Gasteiger partial charge in [0, 0.05) is 13.1 Å². The largest absolute Gasteiger partial charge is 0.490 e. The van der Waals surface area contributed by atoms with E-state index in [2.05, 4.69) is 0 Å². The van der Waals surface area contributed by atoms with Crippen molar-refractivity contribution in [2.75, 3.05) is 19.7 Å². The maximum atomic E-state index is 13.5. The van der Waals surface area contributed by atoms with Crippen LogP contribution in [0.15, 0.2) is 53.4 Å². The van der Waals surface area contributed by atoms with E-state index in [1.165, 1.54) is 22.5 Å². The standard InChI is InChI=1S/C18H19F2NO3S/c19-15-5-7-16(8-6-15)25(22,23)21-11-9-14(10-12-21)13-24-18-4-2-1-3-17(18)20/h1-8,14H,9-13H2. The van der Waals surface area contributed by atoms with Crippen molar-refractivity contribution in [2.45, 2.75) is 17.7 Å². The summed E-state index contributed by atoms with van der Waals surface area (Å²) in [5, 5.41) is 0. The summed E-state index contributed by atoms with van der Waals surface area (Å²) < 4.78 is 58.5. The van der Waals surface area contributed by atoms with Crippen LogP contribution in [0, 0.1) is 17.6 Å². The topological polar surface area (TPSA) is 46.6 Å². The third kappa shape index (κ3) is 4.16. The maximum Gasteiger partial charge on any atom is 0.243 e. The molecule has 0 bridgehead atoms. The second-order valence-corrected chi connectivity index (χ2v) is 7.98. The highest BCUT2D eigenvalue weighted by molar-refractivity contribution is 7.89. The van der Waals surface area contributed by atoms with Crippen LogP contribution in [0.4, 0.5) is 8.78 Å². The number of ether oxygens (including phenoxy) is 1. The lowest BCUT2D eigenvalue weighted by atomic mass is 9.99. The Morgan fingerprint density at radius 2 is 1.64 bits per heavy atom. The molecule has 0 radical (unpaired) electrons. The molecular weight excluding hydrogens is 348 g/mol. The molecule has 4 nitrogen and oxygen atoms in total. The Morgan fingerprint density at radius 3 is 2.28 bits per heavy atom. The molecule has 7 heteroatoms. The summed E-state index contributed by atoms with van der Waals surface area (Å²) in [6, 6.07) is 11.0. The second-order valence-electron chi connectivity index (χ2n) is 6.04. The fourth-order valence-corrected chi connectivity index (χ4v) is 4.31. The Morgan fingerprint density at radius 1 is 1.00 bits per heavy atom. The summed E-state index contributed by atoms with van der Waals surface area (Å²) in [5.74, 6) is -0.495. The van der Waals surface area contributed by atoms with Gasteiger partial charge >= 0.3 is 0 Å². The SMILES string of the molecule is O=S(=O)(c1ccc(F)cc1)N1CCC(COc2ccccc2F)CC1. The molecule has 0 spiro atoms. The van der Waals surface area contributed by atoms with Crippen LogP contribution >= 0.6 is 0 Å². The molecular formula is C18H19F2NO3S. The van der Waals surface area contributed by atoms with Gasteiger partial charge in [0.25, 0.3) is 0 Å². The van der Waals surface area contributed by atoms with Crippen molar-refractivity contribution < 1.29 is 21.9 Å². The number of para-hydroxylation sites is 1. The second kappa shape index (κ2) is 7.49. The molecule has 0 unspecified atom stereocenters. The van der Waals surface area contributed by atoms with Crippen molar-refractivity contribution in [3.05, 3.63) is 60.2 Å². The van der Waals surface area contributed by atoms with Crippen LogP contribution < -0.4 is 4.74 Å². The van der Waals surface area contributed by atoms with Crippen LogP contribution in [-0.2, 0) is 10.0 Å². The first-order chi connectivity index (χ1) is 12.0. The van der Waals surface area contributed by atoms with Gasteiger partial charge in [0.15, 0.2) is 11.6 Å². The van der Waals surface area contributed by atoms with E-state index >= 15 is 0 Å².